The quantitative estimate of drug-likeness (QED) is 0.478. The molecule has 1 aliphatic rings. The number of benzene rings is 2. The predicted octanol–water partition coefficient (Wildman–Crippen LogP) is 4.55. The topological polar surface area (TPSA) is 59.8 Å². The second-order valence-electron chi connectivity index (χ2n) is 9.44. The fourth-order valence-electron chi connectivity index (χ4n) is 4.56. The van der Waals surface area contributed by atoms with Crippen molar-refractivity contribution in [1.29, 1.82) is 0 Å². The maximum Gasteiger partial charge on any atom is 0.122 e. The second kappa shape index (κ2) is 11.1. The van der Waals surface area contributed by atoms with Crippen LogP contribution in [0.15, 0.2) is 54.9 Å². The molecule has 1 N–H and O–H groups in total. The van der Waals surface area contributed by atoms with E-state index in [4.69, 9.17) is 9.47 Å². The van der Waals surface area contributed by atoms with E-state index in [0.29, 0.717) is 26.1 Å². The molecule has 182 valence electrons. The van der Waals surface area contributed by atoms with E-state index in [2.05, 4.69) is 52.6 Å². The molecule has 0 bridgehead atoms. The number of nitrogens with zero attached hydrogens (tertiary/aromatic N) is 3. The zero-order valence-corrected chi connectivity index (χ0v) is 20.7. The lowest BCUT2D eigenvalue weighted by Crippen LogP contribution is -2.47. The summed E-state index contributed by atoms with van der Waals surface area (Å²) in [7, 11) is 0. The Hall–Kier alpha value is -2.83. The largest absolute Gasteiger partial charge is 0.492 e. The summed E-state index contributed by atoms with van der Waals surface area (Å²) >= 11 is 0. The van der Waals surface area contributed by atoms with Crippen molar-refractivity contribution in [2.75, 3.05) is 26.3 Å². The molecule has 6 heteroatoms. The molecule has 2 heterocycles. The Morgan fingerprint density at radius 3 is 2.65 bits per heavy atom. The Balaban J connectivity index is 1.23. The van der Waals surface area contributed by atoms with Crippen LogP contribution in [0.3, 0.4) is 0 Å². The molecule has 0 radical (unpaired) electrons. The van der Waals surface area contributed by atoms with E-state index >= 15 is 0 Å². The summed E-state index contributed by atoms with van der Waals surface area (Å²) in [5.74, 6) is 2.84. The minimum atomic E-state index is -0.774. The molecule has 0 aliphatic carbocycles. The van der Waals surface area contributed by atoms with Gasteiger partial charge >= 0.3 is 0 Å². The number of rotatable bonds is 10. The third-order valence-electron chi connectivity index (χ3n) is 6.64. The highest BCUT2D eigenvalue weighted by atomic mass is 16.5. The van der Waals surface area contributed by atoms with Crippen LogP contribution in [0.1, 0.15) is 42.3 Å². The predicted molar refractivity (Wildman–Crippen MR) is 134 cm³/mol. The maximum absolute atomic E-state index is 11.0. The molecule has 0 amide bonds. The van der Waals surface area contributed by atoms with Crippen LogP contribution in [0.4, 0.5) is 0 Å². The van der Waals surface area contributed by atoms with Crippen molar-refractivity contribution in [3.05, 3.63) is 77.4 Å². The summed E-state index contributed by atoms with van der Waals surface area (Å²) in [6.45, 7) is 10.5. The zero-order chi connectivity index (χ0) is 24.0. The molecule has 2 aromatic carbocycles. The van der Waals surface area contributed by atoms with E-state index in [-0.39, 0.29) is 0 Å². The van der Waals surface area contributed by atoms with Crippen LogP contribution in [-0.2, 0) is 19.5 Å². The van der Waals surface area contributed by atoms with E-state index in [1.165, 1.54) is 11.1 Å². The number of imidazole rings is 1. The second-order valence-corrected chi connectivity index (χ2v) is 9.44. The van der Waals surface area contributed by atoms with Crippen molar-refractivity contribution >= 4 is 0 Å². The van der Waals surface area contributed by atoms with E-state index in [9.17, 15) is 5.11 Å². The molecule has 1 fully saturated rings. The van der Waals surface area contributed by atoms with Crippen molar-refractivity contribution in [1.82, 2.24) is 14.5 Å². The van der Waals surface area contributed by atoms with Gasteiger partial charge < -0.3 is 19.1 Å². The van der Waals surface area contributed by atoms with Crippen molar-refractivity contribution in [3.8, 4) is 11.5 Å². The van der Waals surface area contributed by atoms with Gasteiger partial charge in [-0.05, 0) is 56.0 Å². The van der Waals surface area contributed by atoms with Crippen molar-refractivity contribution in [2.24, 2.45) is 0 Å². The highest BCUT2D eigenvalue weighted by Gasteiger charge is 2.33. The molecule has 4 rings (SSSR count). The van der Waals surface area contributed by atoms with Gasteiger partial charge in [0, 0.05) is 38.4 Å². The molecule has 1 aromatic heterocycles. The first-order chi connectivity index (χ1) is 16.4. The Kier molecular flexibility index (Phi) is 7.91. The monoisotopic (exact) mass is 463 g/mol. The van der Waals surface area contributed by atoms with Gasteiger partial charge in [-0.2, -0.15) is 0 Å². The van der Waals surface area contributed by atoms with Crippen LogP contribution in [0, 0.1) is 13.8 Å². The average Bonchev–Trinajstić information content (AvgIpc) is 3.28. The summed E-state index contributed by atoms with van der Waals surface area (Å²) in [4.78, 5) is 6.75. The Morgan fingerprint density at radius 1 is 1.06 bits per heavy atom. The average molecular weight is 464 g/mol. The van der Waals surface area contributed by atoms with Gasteiger partial charge in [0.1, 0.15) is 36.1 Å². The van der Waals surface area contributed by atoms with Gasteiger partial charge in [0.25, 0.3) is 0 Å². The van der Waals surface area contributed by atoms with E-state index in [1.54, 1.807) is 0 Å². The first-order valence-corrected chi connectivity index (χ1v) is 12.3. The van der Waals surface area contributed by atoms with Gasteiger partial charge in [-0.15, -0.1) is 0 Å². The zero-order valence-electron chi connectivity index (χ0n) is 20.7. The van der Waals surface area contributed by atoms with Gasteiger partial charge in [-0.1, -0.05) is 36.8 Å². The molecule has 0 atom stereocenters. The van der Waals surface area contributed by atoms with Crippen molar-refractivity contribution in [2.45, 2.75) is 58.7 Å². The summed E-state index contributed by atoms with van der Waals surface area (Å²) in [5.41, 5.74) is 2.78. The molecular weight excluding hydrogens is 426 g/mol. The lowest BCUT2D eigenvalue weighted by atomic mass is 9.92. The Bertz CT molecular complexity index is 1070. The number of hydrogen-bond acceptors (Lipinski definition) is 5. The maximum atomic E-state index is 11.0. The first-order valence-electron chi connectivity index (χ1n) is 12.3. The number of hydrogen-bond donors (Lipinski definition) is 1. The molecule has 1 saturated heterocycles. The molecule has 0 spiro atoms. The molecular formula is C28H37N3O3. The van der Waals surface area contributed by atoms with Gasteiger partial charge in [0.2, 0.25) is 0 Å². The lowest BCUT2D eigenvalue weighted by Gasteiger charge is -2.38. The molecule has 3 aromatic rings. The molecule has 1 aliphatic heterocycles. The van der Waals surface area contributed by atoms with E-state index in [1.807, 2.05) is 37.5 Å². The number of likely N-dealkylation sites (tertiary alicyclic amines) is 1. The first kappa shape index (κ1) is 24.3. The van der Waals surface area contributed by atoms with Crippen LogP contribution in [0.5, 0.6) is 11.5 Å². The van der Waals surface area contributed by atoms with Crippen molar-refractivity contribution in [3.63, 3.8) is 0 Å². The number of aliphatic hydroxyl groups is 1. The highest BCUT2D eigenvalue weighted by molar-refractivity contribution is 5.35. The highest BCUT2D eigenvalue weighted by Crippen LogP contribution is 2.27. The van der Waals surface area contributed by atoms with Crippen LogP contribution in [0.25, 0.3) is 0 Å². The summed E-state index contributed by atoms with van der Waals surface area (Å²) < 4.78 is 14.1. The van der Waals surface area contributed by atoms with Crippen molar-refractivity contribution < 1.29 is 14.6 Å². The number of aryl methyl sites for hydroxylation is 3. The number of ether oxygens (including phenoxy) is 2. The standard InChI is InChI=1S/C28H37N3O3/c1-4-27-29-12-15-31(27)16-17-33-25-7-5-6-24(19-25)20-30-13-10-28(32,11-14-30)21-34-26-9-8-22(2)18-23(26)3/h5-9,12,15,18-19,32H,4,10-11,13-14,16-17,20-21H2,1-3H3. The lowest BCUT2D eigenvalue weighted by molar-refractivity contribution is -0.0538. The molecule has 34 heavy (non-hydrogen) atoms. The number of aromatic nitrogens is 2. The molecule has 0 unspecified atom stereocenters. The van der Waals surface area contributed by atoms with Gasteiger partial charge in [-0.25, -0.2) is 4.98 Å². The van der Waals surface area contributed by atoms with E-state index < -0.39 is 5.60 Å². The third kappa shape index (κ3) is 6.39. The van der Waals surface area contributed by atoms with Gasteiger partial charge in [0.05, 0.1) is 6.54 Å². The fraction of sp³-hybridized carbons (Fsp3) is 0.464. The minimum Gasteiger partial charge on any atom is -0.492 e. The fourth-order valence-corrected chi connectivity index (χ4v) is 4.56. The van der Waals surface area contributed by atoms with Gasteiger partial charge in [-0.3, -0.25) is 4.90 Å². The molecule has 0 saturated carbocycles. The Morgan fingerprint density at radius 2 is 1.88 bits per heavy atom. The Labute approximate surface area is 203 Å². The smallest absolute Gasteiger partial charge is 0.122 e. The summed E-state index contributed by atoms with van der Waals surface area (Å²) in [5, 5.41) is 11.0. The summed E-state index contributed by atoms with van der Waals surface area (Å²) in [6.07, 6.45) is 6.18. The SMILES string of the molecule is CCc1nccn1CCOc1cccc(CN2CCC(O)(COc3ccc(C)cc3C)CC2)c1. The third-order valence-corrected chi connectivity index (χ3v) is 6.64. The van der Waals surface area contributed by atoms with Crippen LogP contribution >= 0.6 is 0 Å². The minimum absolute atomic E-state index is 0.338. The number of piperidine rings is 1. The summed E-state index contributed by atoms with van der Waals surface area (Å²) in [6, 6.07) is 14.5. The van der Waals surface area contributed by atoms with Crippen LogP contribution < -0.4 is 9.47 Å². The normalized spacial score (nSPS) is 15.9. The van der Waals surface area contributed by atoms with E-state index in [0.717, 1.165) is 55.5 Å². The van der Waals surface area contributed by atoms with Crippen LogP contribution in [0.2, 0.25) is 0 Å². The van der Waals surface area contributed by atoms with Gasteiger partial charge in [0.15, 0.2) is 0 Å². The molecule has 6 nitrogen and oxygen atoms in total. The van der Waals surface area contributed by atoms with Crippen LogP contribution in [-0.4, -0.2) is 51.5 Å².